The van der Waals surface area contributed by atoms with E-state index >= 15 is 0 Å². The number of ether oxygens (including phenoxy) is 1. The molecular weight excluding hydrogens is 488 g/mol. The lowest BCUT2D eigenvalue weighted by Gasteiger charge is -2.34. The van der Waals surface area contributed by atoms with Crippen molar-refractivity contribution in [2.75, 3.05) is 19.8 Å². The molecule has 1 aliphatic rings. The molecule has 1 amide bonds. The zero-order chi connectivity index (χ0) is 27.0. The summed E-state index contributed by atoms with van der Waals surface area (Å²) in [6.07, 6.45) is 4.66. The number of rotatable bonds is 10. The van der Waals surface area contributed by atoms with E-state index in [0.717, 1.165) is 54.9 Å². The fraction of sp³-hybridized carbons (Fsp3) is 0.355. The van der Waals surface area contributed by atoms with Crippen molar-refractivity contribution in [1.29, 1.82) is 0 Å². The van der Waals surface area contributed by atoms with Gasteiger partial charge in [0.05, 0.1) is 17.1 Å². The van der Waals surface area contributed by atoms with Crippen LogP contribution >= 0.6 is 0 Å². The first-order valence-corrected chi connectivity index (χ1v) is 13.8. The van der Waals surface area contributed by atoms with Gasteiger partial charge in [-0.1, -0.05) is 55.5 Å². The van der Waals surface area contributed by atoms with E-state index in [2.05, 4.69) is 63.8 Å². The van der Waals surface area contributed by atoms with Crippen molar-refractivity contribution in [3.05, 3.63) is 95.4 Å². The molecule has 0 radical (unpaired) electrons. The van der Waals surface area contributed by atoms with Crippen LogP contribution in [0, 0.1) is 6.92 Å². The Morgan fingerprint density at radius 2 is 1.74 bits per heavy atom. The van der Waals surface area contributed by atoms with Gasteiger partial charge in [-0.05, 0) is 62.1 Å². The summed E-state index contributed by atoms with van der Waals surface area (Å²) in [5.41, 5.74) is 6.06. The third kappa shape index (κ3) is 6.58. The molecule has 0 atom stereocenters. The van der Waals surface area contributed by atoms with Crippen LogP contribution in [0.2, 0.25) is 0 Å². The Morgan fingerprint density at radius 1 is 1.00 bits per heavy atom. The van der Waals surface area contributed by atoms with Crippen LogP contribution in [0.3, 0.4) is 0 Å². The number of hydrogen-bond acceptors (Lipinski definition) is 6. The fourth-order valence-electron chi connectivity index (χ4n) is 4.84. The first-order chi connectivity index (χ1) is 19.1. The predicted molar refractivity (Wildman–Crippen MR) is 151 cm³/mol. The molecule has 4 aromatic rings. The summed E-state index contributed by atoms with van der Waals surface area (Å²) < 4.78 is 5.59. The lowest BCUT2D eigenvalue weighted by molar-refractivity contribution is 0.0263. The second-order valence-corrected chi connectivity index (χ2v) is 9.96. The standard InChI is InChI=1S/C31H36N6O2/c1-3-17-32-20-25-11-14-29(33-21-25)26-12-9-24(10-13-26)22-36(27-15-18-39-19-16-27)31(38)30-23(2)34-37(35-30)28-7-5-4-6-8-28/h4-14,21,27,32H,3,15-20,22H2,1-2H3. The largest absolute Gasteiger partial charge is 0.381 e. The van der Waals surface area contributed by atoms with Crippen LogP contribution in [0.15, 0.2) is 72.9 Å². The molecule has 202 valence electrons. The first kappa shape index (κ1) is 26.7. The van der Waals surface area contributed by atoms with Crippen LogP contribution in [0.1, 0.15) is 53.5 Å². The SMILES string of the molecule is CCCNCc1ccc(-c2ccc(CN(C(=O)c3nn(-c4ccccc4)nc3C)C3CCOCC3)cc2)nc1. The normalized spacial score (nSPS) is 13.9. The minimum absolute atomic E-state index is 0.0859. The van der Waals surface area contributed by atoms with Gasteiger partial charge in [0.1, 0.15) is 0 Å². The molecule has 0 spiro atoms. The molecule has 5 rings (SSSR count). The molecule has 1 N–H and O–H groups in total. The molecule has 2 aromatic heterocycles. The van der Waals surface area contributed by atoms with E-state index in [1.807, 2.05) is 48.4 Å². The highest BCUT2D eigenvalue weighted by molar-refractivity contribution is 5.93. The van der Waals surface area contributed by atoms with Gasteiger partial charge in [-0.3, -0.25) is 9.78 Å². The average molecular weight is 525 g/mol. The monoisotopic (exact) mass is 524 g/mol. The van der Waals surface area contributed by atoms with E-state index in [0.29, 0.717) is 31.1 Å². The summed E-state index contributed by atoms with van der Waals surface area (Å²) in [7, 11) is 0. The van der Waals surface area contributed by atoms with Crippen molar-refractivity contribution < 1.29 is 9.53 Å². The van der Waals surface area contributed by atoms with Crippen LogP contribution in [-0.2, 0) is 17.8 Å². The molecule has 8 nitrogen and oxygen atoms in total. The van der Waals surface area contributed by atoms with Crippen LogP contribution in [0.5, 0.6) is 0 Å². The maximum absolute atomic E-state index is 13.9. The van der Waals surface area contributed by atoms with Crippen LogP contribution in [-0.4, -0.2) is 56.6 Å². The number of hydrogen-bond donors (Lipinski definition) is 1. The van der Waals surface area contributed by atoms with E-state index in [1.165, 1.54) is 10.4 Å². The van der Waals surface area contributed by atoms with Gasteiger partial charge in [0.25, 0.3) is 5.91 Å². The van der Waals surface area contributed by atoms with Gasteiger partial charge in [-0.25, -0.2) is 0 Å². The van der Waals surface area contributed by atoms with Gasteiger partial charge in [-0.15, -0.1) is 5.10 Å². The molecule has 0 aliphatic carbocycles. The zero-order valence-electron chi connectivity index (χ0n) is 22.7. The number of amides is 1. The minimum atomic E-state index is -0.0976. The Morgan fingerprint density at radius 3 is 2.44 bits per heavy atom. The number of benzene rings is 2. The number of aromatic nitrogens is 4. The Labute approximate surface area is 230 Å². The van der Waals surface area contributed by atoms with Gasteiger partial charge < -0.3 is 15.0 Å². The predicted octanol–water partition coefficient (Wildman–Crippen LogP) is 4.96. The molecule has 0 bridgehead atoms. The number of pyridine rings is 1. The van der Waals surface area contributed by atoms with Crippen molar-refractivity contribution in [1.82, 2.24) is 30.2 Å². The second kappa shape index (κ2) is 12.8. The Kier molecular flexibility index (Phi) is 8.75. The first-order valence-electron chi connectivity index (χ1n) is 13.8. The van der Waals surface area contributed by atoms with E-state index in [9.17, 15) is 4.79 Å². The summed E-state index contributed by atoms with van der Waals surface area (Å²) >= 11 is 0. The van der Waals surface area contributed by atoms with Gasteiger partial charge in [-0.2, -0.15) is 9.90 Å². The molecule has 1 saturated heterocycles. The number of carbonyl (C=O) groups excluding carboxylic acids is 1. The minimum Gasteiger partial charge on any atom is -0.381 e. The van der Waals surface area contributed by atoms with Gasteiger partial charge >= 0.3 is 0 Å². The zero-order valence-corrected chi connectivity index (χ0v) is 22.7. The summed E-state index contributed by atoms with van der Waals surface area (Å²) in [6, 6.07) is 22.3. The summed E-state index contributed by atoms with van der Waals surface area (Å²) in [6.45, 7) is 7.63. The Hall–Kier alpha value is -3.88. The molecule has 1 fully saturated rings. The number of nitrogens with one attached hydrogen (secondary N) is 1. The molecule has 1 aliphatic heterocycles. The van der Waals surface area contributed by atoms with Crippen molar-refractivity contribution in [2.24, 2.45) is 0 Å². The van der Waals surface area contributed by atoms with Crippen LogP contribution < -0.4 is 5.32 Å². The molecule has 8 heteroatoms. The highest BCUT2D eigenvalue weighted by atomic mass is 16.5. The number of nitrogens with zero attached hydrogens (tertiary/aromatic N) is 5. The van der Waals surface area contributed by atoms with E-state index in [-0.39, 0.29) is 11.9 Å². The van der Waals surface area contributed by atoms with Gasteiger partial charge in [0.15, 0.2) is 5.69 Å². The molecule has 39 heavy (non-hydrogen) atoms. The molecule has 2 aromatic carbocycles. The molecule has 3 heterocycles. The topological polar surface area (TPSA) is 85.2 Å². The van der Waals surface area contributed by atoms with Gasteiger partial charge in [0, 0.05) is 44.1 Å². The summed E-state index contributed by atoms with van der Waals surface area (Å²) in [5, 5.41) is 12.5. The third-order valence-electron chi connectivity index (χ3n) is 7.05. The maximum atomic E-state index is 13.9. The lowest BCUT2D eigenvalue weighted by Crippen LogP contribution is -2.43. The highest BCUT2D eigenvalue weighted by Crippen LogP contribution is 2.23. The average Bonchev–Trinajstić information content (AvgIpc) is 3.39. The van der Waals surface area contributed by atoms with Crippen molar-refractivity contribution in [3.63, 3.8) is 0 Å². The molecule has 0 saturated carbocycles. The highest BCUT2D eigenvalue weighted by Gasteiger charge is 2.30. The fourth-order valence-corrected chi connectivity index (χ4v) is 4.84. The Balaban J connectivity index is 1.33. The van der Waals surface area contributed by atoms with Crippen molar-refractivity contribution in [3.8, 4) is 16.9 Å². The quantitative estimate of drug-likeness (QED) is 0.295. The smallest absolute Gasteiger partial charge is 0.276 e. The third-order valence-corrected chi connectivity index (χ3v) is 7.05. The van der Waals surface area contributed by atoms with Crippen molar-refractivity contribution >= 4 is 5.91 Å². The van der Waals surface area contributed by atoms with E-state index in [1.54, 1.807) is 0 Å². The summed E-state index contributed by atoms with van der Waals surface area (Å²) in [5.74, 6) is -0.0976. The lowest BCUT2D eigenvalue weighted by atomic mass is 10.0. The molecule has 0 unspecified atom stereocenters. The van der Waals surface area contributed by atoms with Crippen LogP contribution in [0.4, 0.5) is 0 Å². The van der Waals surface area contributed by atoms with E-state index < -0.39 is 0 Å². The number of aryl methyl sites for hydroxylation is 1. The van der Waals surface area contributed by atoms with E-state index in [4.69, 9.17) is 4.74 Å². The number of para-hydroxylation sites is 1. The van der Waals surface area contributed by atoms with Crippen molar-refractivity contribution in [2.45, 2.75) is 52.2 Å². The number of carbonyl (C=O) groups is 1. The Bertz CT molecular complexity index is 1350. The maximum Gasteiger partial charge on any atom is 0.276 e. The second-order valence-electron chi connectivity index (χ2n) is 9.96. The summed E-state index contributed by atoms with van der Waals surface area (Å²) in [4.78, 5) is 22.0. The van der Waals surface area contributed by atoms with Crippen LogP contribution in [0.25, 0.3) is 16.9 Å². The van der Waals surface area contributed by atoms with Gasteiger partial charge in [0.2, 0.25) is 0 Å². The molecular formula is C31H36N6O2.